The first-order valence-corrected chi connectivity index (χ1v) is 11.2. The van der Waals surface area contributed by atoms with Crippen LogP contribution >= 0.6 is 0 Å². The van der Waals surface area contributed by atoms with E-state index in [2.05, 4.69) is 20.4 Å². The Morgan fingerprint density at radius 3 is 2.86 bits per heavy atom. The fourth-order valence-electron chi connectivity index (χ4n) is 4.31. The number of aliphatic hydroxyl groups excluding tert-OH is 1. The molecule has 0 aromatic carbocycles. The number of aromatic nitrogens is 6. The van der Waals surface area contributed by atoms with Gasteiger partial charge in [0.05, 0.1) is 36.4 Å². The van der Waals surface area contributed by atoms with E-state index in [1.807, 2.05) is 6.19 Å². The van der Waals surface area contributed by atoms with E-state index in [1.165, 1.54) is 32.3 Å². The summed E-state index contributed by atoms with van der Waals surface area (Å²) in [5.74, 6) is -1.08. The second kappa shape index (κ2) is 9.46. The van der Waals surface area contributed by atoms with Gasteiger partial charge in [0.2, 0.25) is 0 Å². The van der Waals surface area contributed by atoms with E-state index in [-0.39, 0.29) is 30.1 Å². The number of fused-ring (bicyclic) bond motifs is 1. The topological polar surface area (TPSA) is 117 Å². The lowest BCUT2D eigenvalue weighted by molar-refractivity contribution is 0.105. The van der Waals surface area contributed by atoms with Gasteiger partial charge >= 0.3 is 0 Å². The predicted molar refractivity (Wildman–Crippen MR) is 119 cm³/mol. The summed E-state index contributed by atoms with van der Waals surface area (Å²) in [4.78, 5) is 5.20. The smallest absolute Gasteiger partial charge is 0.179 e. The Labute approximate surface area is 203 Å². The number of hydrogen-bond acceptors (Lipinski definition) is 8. The molecule has 0 amide bonds. The zero-order valence-corrected chi connectivity index (χ0v) is 19.1. The van der Waals surface area contributed by atoms with Crippen LogP contribution in [0.4, 0.5) is 13.2 Å². The molecule has 10 nitrogen and oxygen atoms in total. The van der Waals surface area contributed by atoms with Gasteiger partial charge in [-0.15, -0.1) is 5.10 Å². The molecule has 186 valence electrons. The monoisotopic (exact) mass is 498 g/mol. The van der Waals surface area contributed by atoms with Gasteiger partial charge in [0.15, 0.2) is 12.0 Å². The number of halogens is 3. The van der Waals surface area contributed by atoms with Gasteiger partial charge in [-0.2, -0.15) is 10.4 Å². The number of aliphatic hydroxyl groups is 1. The van der Waals surface area contributed by atoms with Crippen LogP contribution in [0.1, 0.15) is 30.0 Å². The number of piperidine rings is 1. The van der Waals surface area contributed by atoms with Crippen molar-refractivity contribution in [3.8, 4) is 23.2 Å². The number of nitrogens with zero attached hydrogens (tertiary/aromatic N) is 8. The molecule has 5 heterocycles. The van der Waals surface area contributed by atoms with Crippen LogP contribution in [-0.2, 0) is 0 Å². The van der Waals surface area contributed by atoms with Gasteiger partial charge in [0, 0.05) is 18.3 Å². The molecule has 0 unspecified atom stereocenters. The largest absolute Gasteiger partial charge is 0.488 e. The maximum Gasteiger partial charge on any atom is 0.179 e. The number of likely N-dealkylation sites (tertiary alicyclic amines) is 1. The summed E-state index contributed by atoms with van der Waals surface area (Å²) >= 11 is 0. The van der Waals surface area contributed by atoms with E-state index in [1.54, 1.807) is 13.1 Å². The Kier molecular flexibility index (Phi) is 6.19. The Bertz CT molecular complexity index is 1430. The second-order valence-electron chi connectivity index (χ2n) is 8.49. The van der Waals surface area contributed by atoms with Crippen LogP contribution in [0.15, 0.2) is 36.8 Å². The molecule has 13 heteroatoms. The molecule has 0 bridgehead atoms. The number of hydrogen-bond donors (Lipinski definition) is 1. The molecule has 1 aliphatic rings. The van der Waals surface area contributed by atoms with E-state index >= 15 is 0 Å². The van der Waals surface area contributed by atoms with Crippen LogP contribution in [0.2, 0.25) is 0 Å². The average Bonchev–Trinajstić information content (AvgIpc) is 3.45. The third-order valence-electron chi connectivity index (χ3n) is 6.18. The van der Waals surface area contributed by atoms with Crippen molar-refractivity contribution < 1.29 is 23.0 Å². The Balaban J connectivity index is 1.44. The molecule has 0 radical (unpaired) electrons. The van der Waals surface area contributed by atoms with Crippen molar-refractivity contribution in [3.63, 3.8) is 0 Å². The maximum absolute atomic E-state index is 14.8. The first-order valence-electron chi connectivity index (χ1n) is 11.2. The molecule has 1 fully saturated rings. The van der Waals surface area contributed by atoms with Crippen LogP contribution in [0, 0.1) is 30.0 Å². The number of ether oxygens (including phenoxy) is 1. The van der Waals surface area contributed by atoms with Gasteiger partial charge in [-0.1, -0.05) is 5.21 Å². The zero-order valence-electron chi connectivity index (χ0n) is 19.1. The van der Waals surface area contributed by atoms with Gasteiger partial charge in [-0.25, -0.2) is 22.4 Å². The van der Waals surface area contributed by atoms with E-state index in [4.69, 9.17) is 10.00 Å². The summed E-state index contributed by atoms with van der Waals surface area (Å²) in [6.45, 7) is 1.86. The highest BCUT2D eigenvalue weighted by atomic mass is 19.1. The molecule has 4 aromatic heterocycles. The number of alkyl halides is 1. The van der Waals surface area contributed by atoms with Crippen LogP contribution in [0.3, 0.4) is 0 Å². The van der Waals surface area contributed by atoms with Crippen LogP contribution in [0.25, 0.3) is 16.8 Å². The highest BCUT2D eigenvalue weighted by Gasteiger charge is 2.33. The molecule has 36 heavy (non-hydrogen) atoms. The molecule has 1 aliphatic heterocycles. The normalized spacial score (nSPS) is 18.8. The first-order chi connectivity index (χ1) is 17.4. The maximum atomic E-state index is 14.8. The molecule has 4 aromatic rings. The van der Waals surface area contributed by atoms with Crippen LogP contribution < -0.4 is 4.74 Å². The molecule has 0 spiro atoms. The average molecular weight is 498 g/mol. The van der Waals surface area contributed by atoms with Crippen molar-refractivity contribution in [1.82, 2.24) is 34.5 Å². The summed E-state index contributed by atoms with van der Waals surface area (Å²) in [5.41, 5.74) is 1.74. The summed E-state index contributed by atoms with van der Waals surface area (Å²) < 4.78 is 50.9. The first kappa shape index (κ1) is 23.6. The van der Waals surface area contributed by atoms with Gasteiger partial charge in [-0.05, 0) is 31.5 Å². The number of pyridine rings is 2. The summed E-state index contributed by atoms with van der Waals surface area (Å²) in [5, 5.41) is 31.8. The summed E-state index contributed by atoms with van der Waals surface area (Å²) in [6.07, 6.45) is 3.43. The molecule has 1 N–H and O–H groups in total. The minimum atomic E-state index is -1.30. The van der Waals surface area contributed by atoms with E-state index in [0.29, 0.717) is 29.9 Å². The molecule has 5 rings (SSSR count). The highest BCUT2D eigenvalue weighted by Crippen LogP contribution is 2.33. The lowest BCUT2D eigenvalue weighted by Crippen LogP contribution is -2.40. The van der Waals surface area contributed by atoms with Gasteiger partial charge in [-0.3, -0.25) is 4.98 Å². The highest BCUT2D eigenvalue weighted by molar-refractivity contribution is 5.70. The van der Waals surface area contributed by atoms with E-state index in [0.717, 1.165) is 12.4 Å². The quantitative estimate of drug-likeness (QED) is 0.404. The molecule has 0 saturated carbocycles. The van der Waals surface area contributed by atoms with E-state index in [9.17, 15) is 18.3 Å². The molecule has 0 aliphatic carbocycles. The lowest BCUT2D eigenvalue weighted by Gasteiger charge is -2.31. The van der Waals surface area contributed by atoms with Crippen molar-refractivity contribution in [3.05, 3.63) is 59.8 Å². The molecule has 1 saturated heterocycles. The van der Waals surface area contributed by atoms with Gasteiger partial charge in [0.1, 0.15) is 41.7 Å². The predicted octanol–water partition coefficient (Wildman–Crippen LogP) is 2.75. The molecule has 3 atom stereocenters. The minimum Gasteiger partial charge on any atom is -0.488 e. The van der Waals surface area contributed by atoms with Gasteiger partial charge in [0.25, 0.3) is 0 Å². The standard InChI is InChI=1S/C23H21F3N8O2/c1-13-22(30-31-34(13)19-4-5-32(12-27)10-17(19)26)14-6-21(23-16(25)8-29-33(23)9-14)36-11-20(35)18-3-2-15(24)7-28-18/h2-3,6-9,17,19-20,35H,4-5,10-11H2,1H3/t17-,19+,20-/m1/s1. The van der Waals surface area contributed by atoms with Crippen molar-refractivity contribution >= 4 is 5.52 Å². The van der Waals surface area contributed by atoms with Crippen molar-refractivity contribution in [2.45, 2.75) is 31.7 Å². The fraction of sp³-hybridized carbons (Fsp3) is 0.348. The lowest BCUT2D eigenvalue weighted by atomic mass is 10.0. The van der Waals surface area contributed by atoms with Crippen LogP contribution in [-0.4, -0.2) is 65.5 Å². The second-order valence-corrected chi connectivity index (χ2v) is 8.49. The Morgan fingerprint density at radius 2 is 2.14 bits per heavy atom. The third-order valence-corrected chi connectivity index (χ3v) is 6.18. The zero-order chi connectivity index (χ0) is 25.4. The SMILES string of the molecule is Cc1c(-c2cc(OC[C@@H](O)c3ccc(F)cn3)c3c(F)cnn3c2)nnn1[C@H]1CCN(C#N)C[C@H]1F. The Morgan fingerprint density at radius 1 is 1.31 bits per heavy atom. The van der Waals surface area contributed by atoms with Crippen molar-refractivity contribution in [2.75, 3.05) is 19.7 Å². The summed E-state index contributed by atoms with van der Waals surface area (Å²) in [6, 6.07) is 3.46. The van der Waals surface area contributed by atoms with Gasteiger partial charge < -0.3 is 14.7 Å². The number of nitriles is 1. The Hall–Kier alpha value is -4.18. The fourth-order valence-corrected chi connectivity index (χ4v) is 4.31. The van der Waals surface area contributed by atoms with E-state index < -0.39 is 30.0 Å². The minimum absolute atomic E-state index is 0.0163. The molecular formula is C23H21F3N8O2. The van der Waals surface area contributed by atoms with Crippen LogP contribution in [0.5, 0.6) is 5.75 Å². The van der Waals surface area contributed by atoms with Crippen molar-refractivity contribution in [2.24, 2.45) is 0 Å². The summed E-state index contributed by atoms with van der Waals surface area (Å²) in [7, 11) is 0. The molecular weight excluding hydrogens is 477 g/mol. The third kappa shape index (κ3) is 4.31. The number of rotatable bonds is 6. The van der Waals surface area contributed by atoms with Crippen molar-refractivity contribution in [1.29, 1.82) is 5.26 Å².